The number of methoxy groups -OCH3 is 1. The molecule has 0 aliphatic rings. The molecular weight excluding hydrogens is 356 g/mol. The lowest BCUT2D eigenvalue weighted by Gasteiger charge is -2.19. The maximum atomic E-state index is 11.7. The predicted molar refractivity (Wildman–Crippen MR) is 111 cm³/mol. The Bertz CT molecular complexity index is 767. The van der Waals surface area contributed by atoms with Gasteiger partial charge in [0.25, 0.3) is 0 Å². The predicted octanol–water partition coefficient (Wildman–Crippen LogP) is 3.99. The number of nitrogens with one attached hydrogen (secondary N) is 2. The third-order valence-electron chi connectivity index (χ3n) is 3.81. The number of carbonyl (C=O) groups is 1. The standard InChI is InChI=1S/C22H30N2O4/c1-22(2,3)28-21(25)24-10-11-27-20-13-16(15-23-4)12-18(14-20)17-6-8-19(26-5)9-7-17/h6-9,12-14,23H,10-11,15H2,1-5H3,(H,24,25). The minimum atomic E-state index is -0.514. The average molecular weight is 386 g/mol. The van der Waals surface area contributed by atoms with Crippen LogP contribution in [0.4, 0.5) is 4.79 Å². The van der Waals surface area contributed by atoms with Crippen LogP contribution in [0.25, 0.3) is 11.1 Å². The van der Waals surface area contributed by atoms with Crippen LogP contribution in [0.2, 0.25) is 0 Å². The Kier molecular flexibility index (Phi) is 7.70. The maximum Gasteiger partial charge on any atom is 0.407 e. The fraction of sp³-hybridized carbons (Fsp3) is 0.409. The molecule has 0 spiro atoms. The van der Waals surface area contributed by atoms with Crippen molar-refractivity contribution < 1.29 is 19.0 Å². The second kappa shape index (κ2) is 9.99. The first-order chi connectivity index (χ1) is 13.3. The monoisotopic (exact) mass is 386 g/mol. The van der Waals surface area contributed by atoms with E-state index in [1.54, 1.807) is 7.11 Å². The second-order valence-corrected chi connectivity index (χ2v) is 7.40. The van der Waals surface area contributed by atoms with Gasteiger partial charge in [0.2, 0.25) is 0 Å². The molecule has 1 amide bonds. The number of alkyl carbamates (subject to hydrolysis) is 1. The van der Waals surface area contributed by atoms with Crippen molar-refractivity contribution >= 4 is 6.09 Å². The minimum absolute atomic E-state index is 0.351. The minimum Gasteiger partial charge on any atom is -0.497 e. The van der Waals surface area contributed by atoms with Crippen molar-refractivity contribution in [1.82, 2.24) is 10.6 Å². The van der Waals surface area contributed by atoms with Crippen LogP contribution >= 0.6 is 0 Å². The molecule has 0 fully saturated rings. The molecule has 0 atom stereocenters. The van der Waals surface area contributed by atoms with Gasteiger partial charge in [0.05, 0.1) is 13.7 Å². The van der Waals surface area contributed by atoms with Crippen LogP contribution < -0.4 is 20.1 Å². The normalized spacial score (nSPS) is 11.0. The van der Waals surface area contributed by atoms with Gasteiger partial charge in [-0.05, 0) is 74.8 Å². The lowest BCUT2D eigenvalue weighted by atomic mass is 10.0. The number of hydrogen-bond acceptors (Lipinski definition) is 5. The van der Waals surface area contributed by atoms with Gasteiger partial charge in [-0.3, -0.25) is 0 Å². The molecule has 0 saturated carbocycles. The average Bonchev–Trinajstić information content (AvgIpc) is 2.64. The van der Waals surface area contributed by atoms with Crippen LogP contribution in [-0.2, 0) is 11.3 Å². The van der Waals surface area contributed by atoms with Crippen molar-refractivity contribution in [3.8, 4) is 22.6 Å². The molecule has 0 bridgehead atoms. The zero-order valence-electron chi connectivity index (χ0n) is 17.3. The summed E-state index contributed by atoms with van der Waals surface area (Å²) >= 11 is 0. The molecule has 152 valence electrons. The second-order valence-electron chi connectivity index (χ2n) is 7.40. The van der Waals surface area contributed by atoms with Gasteiger partial charge < -0.3 is 24.8 Å². The van der Waals surface area contributed by atoms with Crippen LogP contribution in [0.1, 0.15) is 26.3 Å². The van der Waals surface area contributed by atoms with E-state index in [4.69, 9.17) is 14.2 Å². The molecule has 6 nitrogen and oxygen atoms in total. The van der Waals surface area contributed by atoms with Crippen LogP contribution in [0, 0.1) is 0 Å². The van der Waals surface area contributed by atoms with Gasteiger partial charge >= 0.3 is 6.09 Å². The quantitative estimate of drug-likeness (QED) is 0.672. The van der Waals surface area contributed by atoms with E-state index >= 15 is 0 Å². The summed E-state index contributed by atoms with van der Waals surface area (Å²) in [4.78, 5) is 11.7. The highest BCUT2D eigenvalue weighted by atomic mass is 16.6. The molecule has 0 radical (unpaired) electrons. The SMILES string of the molecule is CNCc1cc(OCCNC(=O)OC(C)(C)C)cc(-c2ccc(OC)cc2)c1. The molecule has 6 heteroatoms. The summed E-state index contributed by atoms with van der Waals surface area (Å²) in [5.41, 5.74) is 2.74. The van der Waals surface area contributed by atoms with Crippen LogP contribution in [0.5, 0.6) is 11.5 Å². The van der Waals surface area contributed by atoms with Crippen LogP contribution in [-0.4, -0.2) is 39.0 Å². The van der Waals surface area contributed by atoms with E-state index in [9.17, 15) is 4.79 Å². The molecule has 28 heavy (non-hydrogen) atoms. The van der Waals surface area contributed by atoms with Gasteiger partial charge in [-0.2, -0.15) is 0 Å². The van der Waals surface area contributed by atoms with Gasteiger partial charge in [-0.1, -0.05) is 12.1 Å². The zero-order chi connectivity index (χ0) is 20.6. The molecule has 2 aromatic carbocycles. The molecule has 2 aromatic rings. The summed E-state index contributed by atoms with van der Waals surface area (Å²) in [6, 6.07) is 14.0. The van der Waals surface area contributed by atoms with Gasteiger partial charge in [-0.15, -0.1) is 0 Å². The molecule has 0 aliphatic carbocycles. The topological polar surface area (TPSA) is 68.8 Å². The lowest BCUT2D eigenvalue weighted by molar-refractivity contribution is 0.0520. The Morgan fingerprint density at radius 1 is 1.00 bits per heavy atom. The van der Waals surface area contributed by atoms with E-state index in [-0.39, 0.29) is 0 Å². The number of rotatable bonds is 8. The fourth-order valence-corrected chi connectivity index (χ4v) is 2.64. The van der Waals surface area contributed by atoms with Crippen molar-refractivity contribution in [2.75, 3.05) is 27.3 Å². The summed E-state index contributed by atoms with van der Waals surface area (Å²) in [7, 11) is 3.56. The molecule has 2 rings (SSSR count). The third-order valence-corrected chi connectivity index (χ3v) is 3.81. The van der Waals surface area contributed by atoms with E-state index in [0.29, 0.717) is 13.2 Å². The smallest absolute Gasteiger partial charge is 0.407 e. The number of carbonyl (C=O) groups excluding carboxylic acids is 1. The van der Waals surface area contributed by atoms with Crippen molar-refractivity contribution in [2.24, 2.45) is 0 Å². The first kappa shape index (κ1) is 21.6. The van der Waals surface area contributed by atoms with Gasteiger partial charge in [-0.25, -0.2) is 4.79 Å². The molecule has 0 aliphatic heterocycles. The number of ether oxygens (including phenoxy) is 3. The number of amides is 1. The highest BCUT2D eigenvalue weighted by molar-refractivity contribution is 5.68. The summed E-state index contributed by atoms with van der Waals surface area (Å²) in [6.45, 7) is 6.94. The highest BCUT2D eigenvalue weighted by Gasteiger charge is 2.15. The van der Waals surface area contributed by atoms with Gasteiger partial charge in [0.1, 0.15) is 23.7 Å². The summed E-state index contributed by atoms with van der Waals surface area (Å²) in [5.74, 6) is 1.57. The molecule has 2 N–H and O–H groups in total. The molecule has 0 heterocycles. The molecule has 0 saturated heterocycles. The van der Waals surface area contributed by atoms with Crippen molar-refractivity contribution in [3.63, 3.8) is 0 Å². The van der Waals surface area contributed by atoms with Crippen molar-refractivity contribution in [2.45, 2.75) is 32.9 Å². The Morgan fingerprint density at radius 3 is 2.32 bits per heavy atom. The van der Waals surface area contributed by atoms with E-state index in [0.717, 1.165) is 34.7 Å². The summed E-state index contributed by atoms with van der Waals surface area (Å²) in [5, 5.41) is 5.86. The zero-order valence-corrected chi connectivity index (χ0v) is 17.3. The first-order valence-electron chi connectivity index (χ1n) is 9.33. The van der Waals surface area contributed by atoms with Gasteiger partial charge in [0, 0.05) is 6.54 Å². The summed E-state index contributed by atoms with van der Waals surface area (Å²) in [6.07, 6.45) is -0.445. The molecule has 0 aromatic heterocycles. The highest BCUT2D eigenvalue weighted by Crippen LogP contribution is 2.28. The molecule has 0 unspecified atom stereocenters. The molecular formula is C22H30N2O4. The lowest BCUT2D eigenvalue weighted by Crippen LogP contribution is -2.34. The van der Waals surface area contributed by atoms with E-state index in [2.05, 4.69) is 16.7 Å². The van der Waals surface area contributed by atoms with E-state index in [1.165, 1.54) is 0 Å². The largest absolute Gasteiger partial charge is 0.497 e. The maximum absolute atomic E-state index is 11.7. The van der Waals surface area contributed by atoms with Crippen molar-refractivity contribution in [3.05, 3.63) is 48.0 Å². The van der Waals surface area contributed by atoms with Crippen LogP contribution in [0.15, 0.2) is 42.5 Å². The Balaban J connectivity index is 2.02. The van der Waals surface area contributed by atoms with E-state index in [1.807, 2.05) is 64.2 Å². The van der Waals surface area contributed by atoms with Crippen molar-refractivity contribution in [1.29, 1.82) is 0 Å². The Labute approximate surface area is 167 Å². The fourth-order valence-electron chi connectivity index (χ4n) is 2.64. The Hall–Kier alpha value is -2.73. The summed E-state index contributed by atoms with van der Waals surface area (Å²) < 4.78 is 16.3. The van der Waals surface area contributed by atoms with Crippen LogP contribution in [0.3, 0.4) is 0 Å². The third kappa shape index (κ3) is 7.12. The Morgan fingerprint density at radius 2 is 1.71 bits per heavy atom. The number of benzene rings is 2. The van der Waals surface area contributed by atoms with E-state index < -0.39 is 11.7 Å². The number of hydrogen-bond donors (Lipinski definition) is 2. The first-order valence-corrected chi connectivity index (χ1v) is 9.33. The van der Waals surface area contributed by atoms with Gasteiger partial charge in [0.15, 0.2) is 0 Å².